The molecule has 156 valence electrons. The topological polar surface area (TPSA) is 59.0 Å². The Morgan fingerprint density at radius 2 is 2.00 bits per heavy atom. The summed E-state index contributed by atoms with van der Waals surface area (Å²) in [7, 11) is 1.62. The molecule has 1 amide bonds. The molecule has 2 aromatic carbocycles. The van der Waals surface area contributed by atoms with E-state index in [1.807, 2.05) is 55.5 Å². The van der Waals surface area contributed by atoms with Gasteiger partial charge < -0.3 is 19.5 Å². The van der Waals surface area contributed by atoms with Gasteiger partial charge >= 0.3 is 0 Å². The van der Waals surface area contributed by atoms with Crippen LogP contribution in [0.2, 0.25) is 0 Å². The second kappa shape index (κ2) is 9.09. The van der Waals surface area contributed by atoms with Crippen molar-refractivity contribution in [3.63, 3.8) is 0 Å². The fourth-order valence-electron chi connectivity index (χ4n) is 3.97. The van der Waals surface area contributed by atoms with E-state index in [0.717, 1.165) is 11.1 Å². The number of methoxy groups -OCH3 is 1. The Bertz CT molecular complexity index is 842. The predicted octanol–water partition coefficient (Wildman–Crippen LogP) is 3.52. The van der Waals surface area contributed by atoms with Gasteiger partial charge in [-0.2, -0.15) is 12.6 Å². The molecule has 6 heteroatoms. The molecule has 0 radical (unpaired) electrons. The molecule has 0 saturated carbocycles. The lowest BCUT2D eigenvalue weighted by Gasteiger charge is -2.33. The van der Waals surface area contributed by atoms with Gasteiger partial charge in [0.2, 0.25) is 5.91 Å². The van der Waals surface area contributed by atoms with Crippen molar-refractivity contribution in [3.8, 4) is 11.5 Å². The van der Waals surface area contributed by atoms with Gasteiger partial charge in [0.05, 0.1) is 19.0 Å². The summed E-state index contributed by atoms with van der Waals surface area (Å²) >= 11 is 4.13. The van der Waals surface area contributed by atoms with Gasteiger partial charge in [0, 0.05) is 24.4 Å². The number of nitrogens with zero attached hydrogens (tertiary/aromatic N) is 1. The summed E-state index contributed by atoms with van der Waals surface area (Å²) in [4.78, 5) is 14.0. The smallest absolute Gasteiger partial charge is 0.232 e. The third kappa shape index (κ3) is 4.54. The third-order valence-corrected chi connectivity index (χ3v) is 6.27. The Hall–Kier alpha value is -2.18. The van der Waals surface area contributed by atoms with Gasteiger partial charge in [-0.25, -0.2) is 0 Å². The zero-order chi connectivity index (χ0) is 21.0. The molecule has 3 atom stereocenters. The lowest BCUT2D eigenvalue weighted by atomic mass is 9.72. The molecule has 3 rings (SSSR count). The molecule has 1 aliphatic rings. The van der Waals surface area contributed by atoms with Crippen LogP contribution in [0, 0.1) is 5.41 Å². The minimum absolute atomic E-state index is 0.0169. The van der Waals surface area contributed by atoms with Crippen molar-refractivity contribution in [1.82, 2.24) is 4.90 Å². The van der Waals surface area contributed by atoms with E-state index in [4.69, 9.17) is 9.47 Å². The minimum atomic E-state index is -0.569. The molecule has 2 aromatic rings. The van der Waals surface area contributed by atoms with Crippen molar-refractivity contribution in [2.24, 2.45) is 5.41 Å². The average Bonchev–Trinajstić information content (AvgIpc) is 3.11. The second-order valence-corrected chi connectivity index (χ2v) is 8.17. The summed E-state index contributed by atoms with van der Waals surface area (Å²) in [5.41, 5.74) is 1.64. The normalized spacial score (nSPS) is 22.4. The van der Waals surface area contributed by atoms with Crippen molar-refractivity contribution >= 4 is 18.5 Å². The van der Waals surface area contributed by atoms with Crippen LogP contribution in [-0.2, 0) is 11.4 Å². The van der Waals surface area contributed by atoms with E-state index in [9.17, 15) is 9.90 Å². The van der Waals surface area contributed by atoms with Crippen LogP contribution in [0.25, 0.3) is 0 Å². The number of aliphatic hydroxyl groups is 1. The highest BCUT2D eigenvalue weighted by Crippen LogP contribution is 2.46. The number of carbonyl (C=O) groups is 1. The van der Waals surface area contributed by atoms with Crippen molar-refractivity contribution in [3.05, 3.63) is 59.7 Å². The van der Waals surface area contributed by atoms with Crippen LogP contribution >= 0.6 is 12.6 Å². The summed E-state index contributed by atoms with van der Waals surface area (Å²) in [6, 6.07) is 15.8. The van der Waals surface area contributed by atoms with E-state index in [0.29, 0.717) is 31.2 Å². The third-order valence-electron chi connectivity index (χ3n) is 6.00. The molecule has 0 aliphatic carbocycles. The summed E-state index contributed by atoms with van der Waals surface area (Å²) in [6.07, 6.45) is -0.569. The number of hydrogen-bond donors (Lipinski definition) is 2. The molecule has 1 heterocycles. The van der Waals surface area contributed by atoms with Gasteiger partial charge in [-0.3, -0.25) is 4.79 Å². The van der Waals surface area contributed by atoms with Crippen LogP contribution in [0.4, 0.5) is 0 Å². The highest BCUT2D eigenvalue weighted by atomic mass is 32.1. The maximum atomic E-state index is 12.3. The fraction of sp³-hybridized carbons (Fsp3) is 0.435. The highest BCUT2D eigenvalue weighted by Gasteiger charge is 2.48. The van der Waals surface area contributed by atoms with E-state index in [1.54, 1.807) is 18.9 Å². The van der Waals surface area contributed by atoms with Crippen LogP contribution in [0.5, 0.6) is 11.5 Å². The van der Waals surface area contributed by atoms with Crippen molar-refractivity contribution in [2.75, 3.05) is 26.0 Å². The molecule has 1 saturated heterocycles. The molecule has 0 spiro atoms. The number of aliphatic hydroxyl groups excluding tert-OH is 1. The van der Waals surface area contributed by atoms with E-state index >= 15 is 0 Å². The Balaban J connectivity index is 1.89. The first-order valence-corrected chi connectivity index (χ1v) is 10.4. The number of thiol groups is 1. The van der Waals surface area contributed by atoms with Crippen LogP contribution < -0.4 is 9.47 Å². The van der Waals surface area contributed by atoms with Crippen LogP contribution in [0.3, 0.4) is 0 Å². The van der Waals surface area contributed by atoms with E-state index in [-0.39, 0.29) is 17.6 Å². The van der Waals surface area contributed by atoms with E-state index in [2.05, 4.69) is 12.6 Å². The molecule has 0 unspecified atom stereocenters. The van der Waals surface area contributed by atoms with Crippen molar-refractivity contribution in [2.45, 2.75) is 32.5 Å². The molecule has 1 fully saturated rings. The van der Waals surface area contributed by atoms with Crippen LogP contribution in [-0.4, -0.2) is 48.0 Å². The van der Waals surface area contributed by atoms with Gasteiger partial charge in [0.1, 0.15) is 6.61 Å². The van der Waals surface area contributed by atoms with E-state index < -0.39 is 11.5 Å². The first-order chi connectivity index (χ1) is 13.9. The monoisotopic (exact) mass is 415 g/mol. The molecule has 0 bridgehead atoms. The summed E-state index contributed by atoms with van der Waals surface area (Å²) in [5.74, 6) is 1.44. The van der Waals surface area contributed by atoms with Gasteiger partial charge in [-0.05, 0) is 30.2 Å². The number of amides is 1. The maximum Gasteiger partial charge on any atom is 0.232 e. The molecule has 1 aliphatic heterocycles. The first-order valence-electron chi connectivity index (χ1n) is 9.80. The van der Waals surface area contributed by atoms with Crippen LogP contribution in [0.15, 0.2) is 48.5 Å². The Morgan fingerprint density at radius 1 is 1.28 bits per heavy atom. The van der Waals surface area contributed by atoms with Gasteiger partial charge in [0.25, 0.3) is 0 Å². The Labute approximate surface area is 178 Å². The molecular formula is C23H29NO4S. The number of rotatable bonds is 7. The number of hydrogen-bond acceptors (Lipinski definition) is 5. The Kier molecular flexibility index (Phi) is 6.75. The molecule has 5 nitrogen and oxygen atoms in total. The zero-order valence-corrected chi connectivity index (χ0v) is 18.1. The number of carbonyl (C=O) groups excluding carboxylic acids is 1. The molecular weight excluding hydrogens is 386 g/mol. The lowest BCUT2D eigenvalue weighted by Crippen LogP contribution is -2.38. The SMILES string of the molecule is COc1ccc([C@@H]2CN(C(=O)CS)C[C@@]2(C)[C@@H](C)O)cc1OCc1ccccc1. The quantitative estimate of drug-likeness (QED) is 0.680. The summed E-state index contributed by atoms with van der Waals surface area (Å²) in [5, 5.41) is 10.5. The molecule has 1 N–H and O–H groups in total. The van der Waals surface area contributed by atoms with Gasteiger partial charge in [-0.15, -0.1) is 0 Å². The zero-order valence-electron chi connectivity index (χ0n) is 17.2. The minimum Gasteiger partial charge on any atom is -0.493 e. The summed E-state index contributed by atoms with van der Waals surface area (Å²) < 4.78 is 11.5. The lowest BCUT2D eigenvalue weighted by molar-refractivity contribution is -0.127. The fourth-order valence-corrected chi connectivity index (χ4v) is 4.17. The maximum absolute atomic E-state index is 12.3. The van der Waals surface area contributed by atoms with Gasteiger partial charge in [-0.1, -0.05) is 43.3 Å². The van der Waals surface area contributed by atoms with Crippen molar-refractivity contribution in [1.29, 1.82) is 0 Å². The number of likely N-dealkylation sites (tertiary alicyclic amines) is 1. The second-order valence-electron chi connectivity index (χ2n) is 7.85. The molecule has 29 heavy (non-hydrogen) atoms. The average molecular weight is 416 g/mol. The largest absolute Gasteiger partial charge is 0.493 e. The molecule has 0 aromatic heterocycles. The van der Waals surface area contributed by atoms with Crippen LogP contribution in [0.1, 0.15) is 30.9 Å². The Morgan fingerprint density at radius 3 is 2.62 bits per heavy atom. The van der Waals surface area contributed by atoms with Crippen molar-refractivity contribution < 1.29 is 19.4 Å². The predicted molar refractivity (Wildman–Crippen MR) is 117 cm³/mol. The van der Waals surface area contributed by atoms with E-state index in [1.165, 1.54) is 0 Å². The number of benzene rings is 2. The highest BCUT2D eigenvalue weighted by molar-refractivity contribution is 7.81. The van der Waals surface area contributed by atoms with Gasteiger partial charge in [0.15, 0.2) is 11.5 Å². The number of ether oxygens (including phenoxy) is 2. The summed E-state index contributed by atoms with van der Waals surface area (Å²) in [6.45, 7) is 5.30. The standard InChI is InChI=1S/C23H29NO4S/c1-16(25)23(2)15-24(22(26)14-29)12-19(23)18-9-10-20(27-3)21(11-18)28-13-17-7-5-4-6-8-17/h4-11,16,19,25,29H,12-15H2,1-3H3/t16-,19+,23+/m1/s1. The first kappa shape index (κ1) is 21.5.